The van der Waals surface area contributed by atoms with Crippen molar-refractivity contribution in [3.8, 4) is 0 Å². The normalized spacial score (nSPS) is 31.5. The van der Waals surface area contributed by atoms with Crippen LogP contribution in [0.4, 0.5) is 18.9 Å². The molecule has 2 heterocycles. The number of hydrogen-bond acceptors (Lipinski definition) is 3. The number of hydrogen-bond donors (Lipinski definition) is 1. The molecule has 1 aromatic rings. The van der Waals surface area contributed by atoms with Crippen molar-refractivity contribution in [1.82, 2.24) is 4.90 Å². The van der Waals surface area contributed by atoms with Crippen LogP contribution in [0.25, 0.3) is 0 Å². The molecule has 1 unspecified atom stereocenters. The zero-order chi connectivity index (χ0) is 19.4. The number of carbonyl (C=O) groups excluding carboxylic acids is 1. The number of para-hydroxylation sites is 1. The van der Waals surface area contributed by atoms with E-state index in [1.54, 1.807) is 0 Å². The number of halogens is 3. The largest absolute Gasteiger partial charge is 0.481 e. The minimum absolute atomic E-state index is 0.0133. The number of likely N-dealkylation sites (tertiary alicyclic amines) is 1. The molecular formula is C19H21F3N2O3. The lowest BCUT2D eigenvalue weighted by atomic mass is 9.81. The number of rotatable bonds is 3. The second-order valence-corrected chi connectivity index (χ2v) is 7.79. The first kappa shape index (κ1) is 18.3. The van der Waals surface area contributed by atoms with E-state index >= 15 is 0 Å². The molecule has 27 heavy (non-hydrogen) atoms. The van der Waals surface area contributed by atoms with Gasteiger partial charge in [-0.15, -0.1) is 0 Å². The van der Waals surface area contributed by atoms with E-state index in [0.29, 0.717) is 25.9 Å². The third-order valence-corrected chi connectivity index (χ3v) is 6.44. The zero-order valence-corrected chi connectivity index (χ0v) is 14.7. The standard InChI is InChI=1S/C19H21F3N2O3/c20-19(21,22)13-5-1-2-6-14(13)24-9-7-15(16(24)25)23-10-12-4-3-8-18(12,11-23)17(26)27/h1-2,5-6,12,15H,3-4,7-11H2,(H,26,27)/t12-,15?,18+/m0/s1. The van der Waals surface area contributed by atoms with Crippen LogP contribution >= 0.6 is 0 Å². The van der Waals surface area contributed by atoms with Crippen LogP contribution in [0, 0.1) is 11.3 Å². The highest BCUT2D eigenvalue weighted by Gasteiger charge is 2.57. The first-order valence-electron chi connectivity index (χ1n) is 9.19. The number of fused-ring (bicyclic) bond motifs is 1. The van der Waals surface area contributed by atoms with Crippen LogP contribution in [-0.4, -0.2) is 47.6 Å². The van der Waals surface area contributed by atoms with Gasteiger partial charge in [0.05, 0.1) is 22.7 Å². The molecule has 1 amide bonds. The smallest absolute Gasteiger partial charge is 0.418 e. The summed E-state index contributed by atoms with van der Waals surface area (Å²) in [5, 5.41) is 9.71. The predicted molar refractivity (Wildman–Crippen MR) is 91.2 cm³/mol. The van der Waals surface area contributed by atoms with Gasteiger partial charge in [0.2, 0.25) is 5.91 Å². The molecule has 2 saturated heterocycles. The molecular weight excluding hydrogens is 361 g/mol. The number of alkyl halides is 3. The number of carboxylic acids is 1. The average molecular weight is 382 g/mol. The summed E-state index contributed by atoms with van der Waals surface area (Å²) in [6.45, 7) is 1.04. The first-order valence-corrected chi connectivity index (χ1v) is 9.19. The Labute approximate surface area is 154 Å². The topological polar surface area (TPSA) is 60.9 Å². The summed E-state index contributed by atoms with van der Waals surface area (Å²) in [7, 11) is 0. The van der Waals surface area contributed by atoms with Crippen molar-refractivity contribution in [1.29, 1.82) is 0 Å². The van der Waals surface area contributed by atoms with Crippen molar-refractivity contribution >= 4 is 17.6 Å². The number of anilines is 1. The maximum absolute atomic E-state index is 13.3. The zero-order valence-electron chi connectivity index (χ0n) is 14.7. The molecule has 1 aliphatic carbocycles. The number of carboxylic acid groups (broad SMARTS) is 1. The molecule has 3 atom stereocenters. The Morgan fingerprint density at radius 3 is 2.63 bits per heavy atom. The van der Waals surface area contributed by atoms with E-state index in [0.717, 1.165) is 18.9 Å². The van der Waals surface area contributed by atoms with Gasteiger partial charge in [0.1, 0.15) is 0 Å². The van der Waals surface area contributed by atoms with Crippen LogP contribution in [0.5, 0.6) is 0 Å². The van der Waals surface area contributed by atoms with Gasteiger partial charge in [-0.05, 0) is 37.3 Å². The predicted octanol–water partition coefficient (Wildman–Crippen LogP) is 3.00. The molecule has 146 valence electrons. The Hall–Kier alpha value is -2.09. The highest BCUT2D eigenvalue weighted by Crippen LogP contribution is 2.50. The number of carbonyl (C=O) groups is 2. The monoisotopic (exact) mass is 382 g/mol. The summed E-state index contributed by atoms with van der Waals surface area (Å²) in [6.07, 6.45) is -1.83. The lowest BCUT2D eigenvalue weighted by Gasteiger charge is -2.27. The molecule has 0 aromatic heterocycles. The van der Waals surface area contributed by atoms with Gasteiger partial charge in [-0.1, -0.05) is 18.6 Å². The minimum Gasteiger partial charge on any atom is -0.481 e. The van der Waals surface area contributed by atoms with Gasteiger partial charge in [-0.2, -0.15) is 13.2 Å². The molecule has 3 fully saturated rings. The van der Waals surface area contributed by atoms with E-state index in [4.69, 9.17) is 0 Å². The van der Waals surface area contributed by atoms with E-state index in [1.165, 1.54) is 23.1 Å². The summed E-state index contributed by atoms with van der Waals surface area (Å²) in [5.74, 6) is -1.18. The molecule has 1 saturated carbocycles. The quantitative estimate of drug-likeness (QED) is 0.873. The lowest BCUT2D eigenvalue weighted by Crippen LogP contribution is -2.43. The fraction of sp³-hybridized carbons (Fsp3) is 0.579. The number of aliphatic carboxylic acids is 1. The van der Waals surface area contributed by atoms with Gasteiger partial charge in [0.15, 0.2) is 0 Å². The summed E-state index contributed by atoms with van der Waals surface area (Å²) in [4.78, 5) is 27.9. The Kier molecular flexibility index (Phi) is 4.21. The molecule has 0 spiro atoms. The molecule has 8 heteroatoms. The molecule has 5 nitrogen and oxygen atoms in total. The molecule has 1 N–H and O–H groups in total. The SMILES string of the molecule is O=C1C(N2C[C@@H]3CCC[C@@]3(C(=O)O)C2)CCN1c1ccccc1C(F)(F)F. The average Bonchev–Trinajstić information content (AvgIpc) is 3.26. The van der Waals surface area contributed by atoms with E-state index < -0.39 is 29.2 Å². The molecule has 2 aliphatic heterocycles. The van der Waals surface area contributed by atoms with Gasteiger partial charge in [-0.25, -0.2) is 0 Å². The van der Waals surface area contributed by atoms with Gasteiger partial charge >= 0.3 is 12.1 Å². The van der Waals surface area contributed by atoms with Crippen molar-refractivity contribution in [3.05, 3.63) is 29.8 Å². The van der Waals surface area contributed by atoms with Gasteiger partial charge in [0.25, 0.3) is 0 Å². The number of benzene rings is 1. The Morgan fingerprint density at radius 2 is 1.96 bits per heavy atom. The highest BCUT2D eigenvalue weighted by atomic mass is 19.4. The second kappa shape index (κ2) is 6.22. The van der Waals surface area contributed by atoms with E-state index in [9.17, 15) is 27.9 Å². The summed E-state index contributed by atoms with van der Waals surface area (Å²) in [5.41, 5.74) is -1.75. The van der Waals surface area contributed by atoms with Gasteiger partial charge < -0.3 is 10.0 Å². The van der Waals surface area contributed by atoms with Crippen LogP contribution in [0.3, 0.4) is 0 Å². The van der Waals surface area contributed by atoms with E-state index in [1.807, 2.05) is 4.90 Å². The fourth-order valence-electron chi connectivity index (χ4n) is 5.11. The number of amides is 1. The molecule has 0 bridgehead atoms. The summed E-state index contributed by atoms with van der Waals surface area (Å²) < 4.78 is 39.9. The van der Waals surface area contributed by atoms with Crippen LogP contribution in [0.1, 0.15) is 31.2 Å². The Bertz CT molecular complexity index is 782. The van der Waals surface area contributed by atoms with Crippen molar-refractivity contribution < 1.29 is 27.9 Å². The van der Waals surface area contributed by atoms with Crippen LogP contribution in [0.2, 0.25) is 0 Å². The molecule has 4 rings (SSSR count). The molecule has 0 radical (unpaired) electrons. The summed E-state index contributed by atoms with van der Waals surface area (Å²) in [6, 6.07) is 4.55. The van der Waals surface area contributed by atoms with Crippen LogP contribution in [-0.2, 0) is 15.8 Å². The highest BCUT2D eigenvalue weighted by molar-refractivity contribution is 6.00. The van der Waals surface area contributed by atoms with Crippen LogP contribution < -0.4 is 4.90 Å². The molecule has 3 aliphatic rings. The van der Waals surface area contributed by atoms with E-state index in [2.05, 4.69) is 0 Å². The van der Waals surface area contributed by atoms with Gasteiger partial charge in [-0.3, -0.25) is 14.5 Å². The van der Waals surface area contributed by atoms with Crippen molar-refractivity contribution in [2.75, 3.05) is 24.5 Å². The third kappa shape index (κ3) is 2.81. The molecule has 1 aromatic carbocycles. The Morgan fingerprint density at radius 1 is 1.22 bits per heavy atom. The second-order valence-electron chi connectivity index (χ2n) is 7.79. The minimum atomic E-state index is -4.53. The maximum atomic E-state index is 13.3. The fourth-order valence-corrected chi connectivity index (χ4v) is 5.11. The summed E-state index contributed by atoms with van der Waals surface area (Å²) >= 11 is 0. The Balaban J connectivity index is 1.57. The first-order chi connectivity index (χ1) is 12.7. The maximum Gasteiger partial charge on any atom is 0.418 e. The van der Waals surface area contributed by atoms with Crippen molar-refractivity contribution in [3.63, 3.8) is 0 Å². The van der Waals surface area contributed by atoms with Gasteiger partial charge in [0, 0.05) is 19.6 Å². The lowest BCUT2D eigenvalue weighted by molar-refractivity contribution is -0.149. The number of nitrogens with zero attached hydrogens (tertiary/aromatic N) is 2. The van der Waals surface area contributed by atoms with Crippen molar-refractivity contribution in [2.24, 2.45) is 11.3 Å². The van der Waals surface area contributed by atoms with Crippen molar-refractivity contribution in [2.45, 2.75) is 37.9 Å². The van der Waals surface area contributed by atoms with Crippen LogP contribution in [0.15, 0.2) is 24.3 Å². The van der Waals surface area contributed by atoms with E-state index in [-0.39, 0.29) is 24.1 Å². The third-order valence-electron chi connectivity index (χ3n) is 6.44.